The molecule has 14 heavy (non-hydrogen) atoms. The van der Waals surface area contributed by atoms with E-state index in [0.29, 0.717) is 18.4 Å². The highest BCUT2D eigenvalue weighted by molar-refractivity contribution is 5.91. The van der Waals surface area contributed by atoms with Crippen LogP contribution in [0.25, 0.3) is 0 Å². The van der Waals surface area contributed by atoms with E-state index in [-0.39, 0.29) is 5.97 Å². The average molecular weight is 192 g/mol. The van der Waals surface area contributed by atoms with Crippen molar-refractivity contribution in [1.29, 1.82) is 0 Å². The van der Waals surface area contributed by atoms with Crippen LogP contribution in [0.3, 0.4) is 0 Å². The molecule has 74 valence electrons. The zero-order valence-electron chi connectivity index (χ0n) is 8.03. The van der Waals surface area contributed by atoms with Crippen LogP contribution < -0.4 is 0 Å². The Bertz CT molecular complexity index is 331. The topological polar surface area (TPSA) is 43.4 Å². The molecule has 1 aromatic rings. The molecule has 0 saturated carbocycles. The first-order chi connectivity index (χ1) is 6.79. The van der Waals surface area contributed by atoms with Crippen LogP contribution in [0.15, 0.2) is 24.3 Å². The number of aldehydes is 1. The summed E-state index contributed by atoms with van der Waals surface area (Å²) in [4.78, 5) is 21.5. The molecule has 3 nitrogen and oxygen atoms in total. The highest BCUT2D eigenvalue weighted by Gasteiger charge is 2.09. The number of carbonyl (C=O) groups excluding carboxylic acids is 2. The number of benzene rings is 1. The minimum atomic E-state index is -0.355. The summed E-state index contributed by atoms with van der Waals surface area (Å²) >= 11 is 0. The Labute approximate surface area is 82.7 Å². The fourth-order valence-corrected chi connectivity index (χ4v) is 1.26. The maximum absolute atomic E-state index is 11.3. The van der Waals surface area contributed by atoms with Gasteiger partial charge in [0.05, 0.1) is 12.7 Å². The summed E-state index contributed by atoms with van der Waals surface area (Å²) in [7, 11) is 1.35. The summed E-state index contributed by atoms with van der Waals surface area (Å²) < 4.78 is 4.63. The van der Waals surface area contributed by atoms with Crippen LogP contribution in [0.2, 0.25) is 0 Å². The number of rotatable bonds is 4. The van der Waals surface area contributed by atoms with Gasteiger partial charge in [0.25, 0.3) is 0 Å². The van der Waals surface area contributed by atoms with E-state index in [9.17, 15) is 9.59 Å². The van der Waals surface area contributed by atoms with Gasteiger partial charge in [-0.1, -0.05) is 18.2 Å². The molecule has 0 aliphatic heterocycles. The molecule has 0 aromatic heterocycles. The van der Waals surface area contributed by atoms with Gasteiger partial charge in [-0.25, -0.2) is 4.79 Å². The summed E-state index contributed by atoms with van der Waals surface area (Å²) in [5.74, 6) is -0.355. The molecule has 3 heteroatoms. The zero-order chi connectivity index (χ0) is 10.4. The maximum atomic E-state index is 11.3. The van der Waals surface area contributed by atoms with Gasteiger partial charge in [0.15, 0.2) is 0 Å². The van der Waals surface area contributed by atoms with Crippen LogP contribution >= 0.6 is 0 Å². The predicted octanol–water partition coefficient (Wildman–Crippen LogP) is 1.60. The number of carbonyl (C=O) groups is 2. The minimum absolute atomic E-state index is 0.355. The molecule has 1 aromatic carbocycles. The summed E-state index contributed by atoms with van der Waals surface area (Å²) in [6.07, 6.45) is 1.84. The number of esters is 1. The zero-order valence-corrected chi connectivity index (χ0v) is 8.03. The number of ether oxygens (including phenoxy) is 1. The Kier molecular flexibility index (Phi) is 3.85. The van der Waals surface area contributed by atoms with Gasteiger partial charge in [0.2, 0.25) is 0 Å². The third-order valence-electron chi connectivity index (χ3n) is 1.95. The lowest BCUT2D eigenvalue weighted by atomic mass is 10.0. The molecule has 1 rings (SSSR count). The van der Waals surface area contributed by atoms with Gasteiger partial charge in [-0.3, -0.25) is 0 Å². The fraction of sp³-hybridized carbons (Fsp3) is 0.273. The molecule has 0 aliphatic rings. The molecular weight excluding hydrogens is 180 g/mol. The standard InChI is InChI=1S/C11H12O3/c1-14-11(13)10-7-3-2-5-9(10)6-4-8-12/h2-3,5,7-8H,4,6H2,1H3. The van der Waals surface area contributed by atoms with E-state index in [1.807, 2.05) is 12.1 Å². The van der Waals surface area contributed by atoms with Gasteiger partial charge in [0, 0.05) is 6.42 Å². The van der Waals surface area contributed by atoms with Crippen LogP contribution in [0.5, 0.6) is 0 Å². The smallest absolute Gasteiger partial charge is 0.338 e. The lowest BCUT2D eigenvalue weighted by Gasteiger charge is -2.05. The second-order valence-corrected chi connectivity index (χ2v) is 2.85. The Balaban J connectivity index is 2.90. The number of hydrogen-bond donors (Lipinski definition) is 0. The third kappa shape index (κ3) is 2.42. The van der Waals surface area contributed by atoms with Gasteiger partial charge >= 0.3 is 5.97 Å². The largest absolute Gasteiger partial charge is 0.465 e. The molecule has 0 fully saturated rings. The van der Waals surface area contributed by atoms with Crippen molar-refractivity contribution in [2.24, 2.45) is 0 Å². The van der Waals surface area contributed by atoms with E-state index in [4.69, 9.17) is 0 Å². The Hall–Kier alpha value is -1.64. The van der Waals surface area contributed by atoms with Gasteiger partial charge in [-0.15, -0.1) is 0 Å². The highest BCUT2D eigenvalue weighted by Crippen LogP contribution is 2.11. The van der Waals surface area contributed by atoms with Gasteiger partial charge in [-0.05, 0) is 18.1 Å². The van der Waals surface area contributed by atoms with Crippen molar-refractivity contribution < 1.29 is 14.3 Å². The van der Waals surface area contributed by atoms with Crippen LogP contribution in [0, 0.1) is 0 Å². The lowest BCUT2D eigenvalue weighted by molar-refractivity contribution is -0.107. The highest BCUT2D eigenvalue weighted by atomic mass is 16.5. The van der Waals surface area contributed by atoms with E-state index in [1.165, 1.54) is 7.11 Å². The van der Waals surface area contributed by atoms with Crippen molar-refractivity contribution >= 4 is 12.3 Å². The van der Waals surface area contributed by atoms with Crippen molar-refractivity contribution in [1.82, 2.24) is 0 Å². The van der Waals surface area contributed by atoms with E-state index in [1.54, 1.807) is 12.1 Å². The Morgan fingerprint density at radius 2 is 2.14 bits per heavy atom. The van der Waals surface area contributed by atoms with Crippen LogP contribution in [0.4, 0.5) is 0 Å². The fourth-order valence-electron chi connectivity index (χ4n) is 1.26. The molecule has 0 amide bonds. The van der Waals surface area contributed by atoms with E-state index >= 15 is 0 Å². The first kappa shape index (κ1) is 10.4. The summed E-state index contributed by atoms with van der Waals surface area (Å²) in [6.45, 7) is 0. The first-order valence-corrected chi connectivity index (χ1v) is 4.39. The van der Waals surface area contributed by atoms with Gasteiger partial charge in [-0.2, -0.15) is 0 Å². The van der Waals surface area contributed by atoms with Gasteiger partial charge < -0.3 is 9.53 Å². The molecule has 0 aliphatic carbocycles. The molecule has 0 bridgehead atoms. The van der Waals surface area contributed by atoms with Crippen molar-refractivity contribution in [2.45, 2.75) is 12.8 Å². The summed E-state index contributed by atoms with van der Waals surface area (Å²) in [5.41, 5.74) is 1.39. The molecule has 0 heterocycles. The molecule has 0 radical (unpaired) electrons. The average Bonchev–Trinajstić information content (AvgIpc) is 2.25. The lowest BCUT2D eigenvalue weighted by Crippen LogP contribution is -2.05. The SMILES string of the molecule is COC(=O)c1ccccc1CCC=O. The van der Waals surface area contributed by atoms with E-state index < -0.39 is 0 Å². The Morgan fingerprint density at radius 3 is 2.79 bits per heavy atom. The quantitative estimate of drug-likeness (QED) is 0.537. The summed E-state index contributed by atoms with van der Waals surface area (Å²) in [6, 6.07) is 7.14. The van der Waals surface area contributed by atoms with E-state index in [0.717, 1.165) is 11.8 Å². The van der Waals surface area contributed by atoms with Crippen molar-refractivity contribution in [3.63, 3.8) is 0 Å². The predicted molar refractivity (Wildman–Crippen MR) is 52.2 cm³/mol. The molecule has 0 N–H and O–H groups in total. The number of aryl methyl sites for hydroxylation is 1. The van der Waals surface area contributed by atoms with Crippen LogP contribution in [-0.2, 0) is 16.0 Å². The molecular formula is C11H12O3. The first-order valence-electron chi connectivity index (χ1n) is 4.39. The minimum Gasteiger partial charge on any atom is -0.465 e. The molecule has 0 unspecified atom stereocenters. The van der Waals surface area contributed by atoms with Crippen molar-refractivity contribution in [3.8, 4) is 0 Å². The Morgan fingerprint density at radius 1 is 1.43 bits per heavy atom. The monoisotopic (exact) mass is 192 g/mol. The second-order valence-electron chi connectivity index (χ2n) is 2.85. The van der Waals surface area contributed by atoms with Crippen molar-refractivity contribution in [3.05, 3.63) is 35.4 Å². The molecule has 0 saturated heterocycles. The third-order valence-corrected chi connectivity index (χ3v) is 1.95. The number of methoxy groups -OCH3 is 1. The normalized spacial score (nSPS) is 9.50. The second kappa shape index (κ2) is 5.17. The van der Waals surface area contributed by atoms with Crippen LogP contribution in [0.1, 0.15) is 22.3 Å². The molecule has 0 spiro atoms. The summed E-state index contributed by atoms with van der Waals surface area (Å²) in [5, 5.41) is 0. The number of hydrogen-bond acceptors (Lipinski definition) is 3. The van der Waals surface area contributed by atoms with E-state index in [2.05, 4.69) is 4.74 Å². The molecule has 0 atom stereocenters. The maximum Gasteiger partial charge on any atom is 0.338 e. The van der Waals surface area contributed by atoms with Gasteiger partial charge in [0.1, 0.15) is 6.29 Å². The van der Waals surface area contributed by atoms with Crippen LogP contribution in [-0.4, -0.2) is 19.4 Å². The van der Waals surface area contributed by atoms with Crippen molar-refractivity contribution in [2.75, 3.05) is 7.11 Å².